The van der Waals surface area contributed by atoms with Crippen molar-refractivity contribution in [3.05, 3.63) is 0 Å². The van der Waals surface area contributed by atoms with Gasteiger partial charge >= 0.3 is 17.6 Å². The molecule has 0 aliphatic carbocycles. The van der Waals surface area contributed by atoms with E-state index in [9.17, 15) is 0 Å². The Labute approximate surface area is 82.5 Å². The molecule has 0 N–H and O–H groups in total. The molecule has 0 saturated heterocycles. The van der Waals surface area contributed by atoms with Crippen LogP contribution in [0.4, 0.5) is 0 Å². The summed E-state index contributed by atoms with van der Waals surface area (Å²) in [5, 5.41) is 0. The van der Waals surface area contributed by atoms with Gasteiger partial charge < -0.3 is 0 Å². The van der Waals surface area contributed by atoms with E-state index in [4.69, 9.17) is 0 Å². The summed E-state index contributed by atoms with van der Waals surface area (Å²) in [6, 6.07) is 1.39. The Morgan fingerprint density at radius 2 is 1.36 bits per heavy atom. The first kappa shape index (κ1) is 14.1. The molecule has 70 valence electrons. The maximum atomic E-state index is 2.51. The van der Waals surface area contributed by atoms with Crippen LogP contribution in [0.2, 0.25) is 0 Å². The zero-order valence-corrected chi connectivity index (χ0v) is 8.02. The normalized spacial score (nSPS) is 10.9. The molecule has 0 spiro atoms. The van der Waals surface area contributed by atoms with Crippen molar-refractivity contribution in [1.29, 1.82) is 0 Å². The fraction of sp³-hybridized carbons (Fsp3) is 1.00. The Hall–Kier alpha value is 0.503. The molecule has 0 atom stereocenters. The summed E-state index contributed by atoms with van der Waals surface area (Å²) < 4.78 is 0. The monoisotopic (exact) mass is 221 g/mol. The molecule has 0 aromatic heterocycles. The second-order valence-electron chi connectivity index (χ2n) is 3.43. The Morgan fingerprint density at radius 1 is 1.00 bits per heavy atom. The van der Waals surface area contributed by atoms with Crippen molar-refractivity contribution < 1.29 is 0 Å². The molecule has 0 aliphatic rings. The van der Waals surface area contributed by atoms with E-state index in [1.165, 1.54) is 13.0 Å². The van der Waals surface area contributed by atoms with Crippen LogP contribution in [0.15, 0.2) is 0 Å². The van der Waals surface area contributed by atoms with Crippen molar-refractivity contribution in [2.24, 2.45) is 0 Å². The molecule has 0 heterocycles. The summed E-state index contributed by atoms with van der Waals surface area (Å²) >= 11 is 0. The first-order chi connectivity index (χ1) is 4.59. The molecule has 0 amide bonds. The van der Waals surface area contributed by atoms with E-state index >= 15 is 0 Å². The van der Waals surface area contributed by atoms with Gasteiger partial charge in [0.2, 0.25) is 0 Å². The summed E-state index contributed by atoms with van der Waals surface area (Å²) in [5.74, 6) is 0. The third kappa shape index (κ3) is 5.74. The van der Waals surface area contributed by atoms with Crippen molar-refractivity contribution in [2.75, 3.05) is 6.54 Å². The van der Waals surface area contributed by atoms with Gasteiger partial charge in [0, 0.05) is 12.1 Å². The van der Waals surface area contributed by atoms with Gasteiger partial charge in [-0.1, -0.05) is 6.92 Å². The van der Waals surface area contributed by atoms with E-state index in [2.05, 4.69) is 39.5 Å². The predicted molar refractivity (Wildman–Crippen MR) is 58.6 cm³/mol. The third-order valence-corrected chi connectivity index (χ3v) is 1.81. The fourth-order valence-electron chi connectivity index (χ4n) is 1.37. The summed E-state index contributed by atoms with van der Waals surface area (Å²) in [6.45, 7) is 12.5. The van der Waals surface area contributed by atoms with Gasteiger partial charge in [-0.2, -0.15) is 0 Å². The minimum atomic E-state index is 0. The van der Waals surface area contributed by atoms with Crippen molar-refractivity contribution in [3.8, 4) is 0 Å². The average Bonchev–Trinajstić information content (AvgIpc) is 1.81. The SMILES string of the molecule is CCCN(C(C)C)C(C)C.[GeH4]. The molecule has 0 aromatic carbocycles. The van der Waals surface area contributed by atoms with Crippen LogP contribution in [0.3, 0.4) is 0 Å². The van der Waals surface area contributed by atoms with Gasteiger partial charge in [-0.25, -0.2) is 0 Å². The van der Waals surface area contributed by atoms with Gasteiger partial charge in [0.25, 0.3) is 0 Å². The zero-order valence-electron chi connectivity index (χ0n) is 8.02. The number of rotatable bonds is 4. The van der Waals surface area contributed by atoms with Gasteiger partial charge in [0.1, 0.15) is 0 Å². The molecule has 0 aromatic rings. The van der Waals surface area contributed by atoms with Crippen LogP contribution in [0.25, 0.3) is 0 Å². The van der Waals surface area contributed by atoms with E-state index in [1.807, 2.05) is 0 Å². The molecule has 0 radical (unpaired) electrons. The molecule has 0 bridgehead atoms. The quantitative estimate of drug-likeness (QED) is 0.640. The Bertz CT molecular complexity index is 73.6. The predicted octanol–water partition coefficient (Wildman–Crippen LogP) is 1.06. The van der Waals surface area contributed by atoms with Crippen LogP contribution < -0.4 is 0 Å². The Balaban J connectivity index is 0. The van der Waals surface area contributed by atoms with Gasteiger partial charge in [0.05, 0.1) is 0 Å². The molecule has 0 unspecified atom stereocenters. The van der Waals surface area contributed by atoms with Gasteiger partial charge in [-0.05, 0) is 40.7 Å². The molecule has 1 nitrogen and oxygen atoms in total. The molecular weight excluding hydrogens is 195 g/mol. The van der Waals surface area contributed by atoms with Crippen LogP contribution in [0.1, 0.15) is 41.0 Å². The van der Waals surface area contributed by atoms with Gasteiger partial charge in [0.15, 0.2) is 0 Å². The average molecular weight is 220 g/mol. The van der Waals surface area contributed by atoms with Crippen LogP contribution in [0, 0.1) is 0 Å². The van der Waals surface area contributed by atoms with Gasteiger partial charge in [-0.15, -0.1) is 0 Å². The Kier molecular flexibility index (Phi) is 9.16. The van der Waals surface area contributed by atoms with Crippen LogP contribution >= 0.6 is 0 Å². The van der Waals surface area contributed by atoms with E-state index in [-0.39, 0.29) is 17.6 Å². The summed E-state index contributed by atoms with van der Waals surface area (Å²) in [6.07, 6.45) is 1.26. The first-order valence-electron chi connectivity index (χ1n) is 4.35. The Morgan fingerprint density at radius 3 is 1.45 bits per heavy atom. The molecular formula is C9H25GeN. The van der Waals surface area contributed by atoms with Crippen LogP contribution in [-0.2, 0) is 0 Å². The van der Waals surface area contributed by atoms with Gasteiger partial charge in [-0.3, -0.25) is 4.90 Å². The second-order valence-corrected chi connectivity index (χ2v) is 3.43. The molecule has 0 fully saturated rings. The van der Waals surface area contributed by atoms with Crippen molar-refractivity contribution in [1.82, 2.24) is 4.90 Å². The number of hydrogen-bond acceptors (Lipinski definition) is 1. The topological polar surface area (TPSA) is 3.24 Å². The summed E-state index contributed by atoms with van der Waals surface area (Å²) in [7, 11) is 0. The fourth-order valence-corrected chi connectivity index (χ4v) is 1.37. The number of hydrogen-bond donors (Lipinski definition) is 0. The maximum absolute atomic E-state index is 2.51. The van der Waals surface area contributed by atoms with E-state index in [0.29, 0.717) is 12.1 Å². The number of nitrogens with zero attached hydrogens (tertiary/aromatic N) is 1. The first-order valence-corrected chi connectivity index (χ1v) is 4.35. The third-order valence-electron chi connectivity index (χ3n) is 1.81. The van der Waals surface area contributed by atoms with Crippen LogP contribution in [0.5, 0.6) is 0 Å². The molecule has 2 heteroatoms. The van der Waals surface area contributed by atoms with Crippen molar-refractivity contribution >= 4 is 17.6 Å². The van der Waals surface area contributed by atoms with E-state index in [1.54, 1.807) is 0 Å². The molecule has 0 saturated carbocycles. The minimum absolute atomic E-state index is 0. The zero-order chi connectivity index (χ0) is 8.15. The molecule has 0 rings (SSSR count). The van der Waals surface area contributed by atoms with Crippen molar-refractivity contribution in [2.45, 2.75) is 53.1 Å². The second kappa shape index (κ2) is 7.17. The standard InChI is InChI=1S/C9H21N.GeH4/c1-6-7-10(8(2)3)9(4)5;/h8-9H,6-7H2,1-5H3;1H4. The summed E-state index contributed by atoms with van der Waals surface area (Å²) in [4.78, 5) is 2.51. The van der Waals surface area contributed by atoms with E-state index in [0.717, 1.165) is 0 Å². The summed E-state index contributed by atoms with van der Waals surface area (Å²) in [5.41, 5.74) is 0. The van der Waals surface area contributed by atoms with Crippen molar-refractivity contribution in [3.63, 3.8) is 0 Å². The molecule has 0 aliphatic heterocycles. The molecule has 11 heavy (non-hydrogen) atoms. The van der Waals surface area contributed by atoms with Crippen LogP contribution in [-0.4, -0.2) is 41.1 Å². The van der Waals surface area contributed by atoms with E-state index < -0.39 is 0 Å².